The molecule has 0 aliphatic heterocycles. The maximum absolute atomic E-state index is 12.8. The molecule has 0 radical (unpaired) electrons. The van der Waals surface area contributed by atoms with Gasteiger partial charge in [-0.25, -0.2) is 15.0 Å². The van der Waals surface area contributed by atoms with Crippen LogP contribution in [0.5, 0.6) is 0 Å². The molecule has 3 N–H and O–H groups in total. The topological polar surface area (TPSA) is 139 Å². The summed E-state index contributed by atoms with van der Waals surface area (Å²) in [5, 5.41) is 11.6. The van der Waals surface area contributed by atoms with Gasteiger partial charge < -0.3 is 11.1 Å². The molecule has 0 aliphatic carbocycles. The Bertz CT molecular complexity index is 997. The zero-order valence-corrected chi connectivity index (χ0v) is 12.7. The highest BCUT2D eigenvalue weighted by Crippen LogP contribution is 2.28. The number of alkyl halides is 3. The van der Waals surface area contributed by atoms with Gasteiger partial charge in [-0.15, -0.1) is 0 Å². The minimum Gasteiger partial charge on any atom is -0.368 e. The van der Waals surface area contributed by atoms with Gasteiger partial charge >= 0.3 is 6.18 Å². The van der Waals surface area contributed by atoms with Crippen molar-refractivity contribution in [3.05, 3.63) is 42.0 Å². The van der Waals surface area contributed by atoms with E-state index in [1.807, 2.05) is 6.07 Å². The SMILES string of the molecule is N#Cc1cc(Nc2nc(N)nc(-c3nccc(C(F)(F)F)n3)n2)ccn1. The lowest BCUT2D eigenvalue weighted by Gasteiger charge is -2.08. The molecule has 3 aromatic heterocycles. The highest BCUT2D eigenvalue weighted by molar-refractivity contribution is 5.57. The Morgan fingerprint density at radius 3 is 2.50 bits per heavy atom. The zero-order chi connectivity index (χ0) is 18.7. The van der Waals surface area contributed by atoms with Gasteiger partial charge in [-0.1, -0.05) is 0 Å². The van der Waals surface area contributed by atoms with E-state index in [9.17, 15) is 13.2 Å². The monoisotopic (exact) mass is 359 g/mol. The Hall–Kier alpha value is -3.88. The number of hydrogen-bond donors (Lipinski definition) is 2. The van der Waals surface area contributed by atoms with Crippen LogP contribution in [0.15, 0.2) is 30.6 Å². The molecule has 0 atom stereocenters. The summed E-state index contributed by atoms with van der Waals surface area (Å²) in [6, 6.07) is 5.57. The number of nitrogens with one attached hydrogen (secondary N) is 1. The van der Waals surface area contributed by atoms with Crippen LogP contribution in [0.2, 0.25) is 0 Å². The van der Waals surface area contributed by atoms with E-state index < -0.39 is 11.9 Å². The molecule has 3 heterocycles. The largest absolute Gasteiger partial charge is 0.433 e. The number of aromatic nitrogens is 6. The normalized spacial score (nSPS) is 11.0. The Labute approximate surface area is 143 Å². The molecule has 0 aromatic carbocycles. The average molecular weight is 359 g/mol. The summed E-state index contributed by atoms with van der Waals surface area (Å²) >= 11 is 0. The predicted molar refractivity (Wildman–Crippen MR) is 82.5 cm³/mol. The lowest BCUT2D eigenvalue weighted by Crippen LogP contribution is -2.11. The molecule has 0 spiro atoms. The van der Waals surface area contributed by atoms with E-state index in [1.165, 1.54) is 12.3 Å². The van der Waals surface area contributed by atoms with Gasteiger partial charge in [-0.2, -0.15) is 33.4 Å². The van der Waals surface area contributed by atoms with Crippen LogP contribution in [0, 0.1) is 11.3 Å². The van der Waals surface area contributed by atoms with E-state index in [0.29, 0.717) is 5.69 Å². The molecule has 9 nitrogen and oxygen atoms in total. The average Bonchev–Trinajstić information content (AvgIpc) is 2.61. The zero-order valence-electron chi connectivity index (χ0n) is 12.7. The van der Waals surface area contributed by atoms with E-state index in [2.05, 4.69) is 35.2 Å². The van der Waals surface area contributed by atoms with Crippen LogP contribution in [0.3, 0.4) is 0 Å². The smallest absolute Gasteiger partial charge is 0.368 e. The molecule has 0 fully saturated rings. The molecular formula is C14H8F3N9. The van der Waals surface area contributed by atoms with Crippen molar-refractivity contribution >= 4 is 17.6 Å². The Morgan fingerprint density at radius 2 is 1.77 bits per heavy atom. The second-order valence-corrected chi connectivity index (χ2v) is 4.77. The molecule has 0 saturated carbocycles. The third-order valence-corrected chi connectivity index (χ3v) is 2.93. The lowest BCUT2D eigenvalue weighted by atomic mass is 10.3. The quantitative estimate of drug-likeness (QED) is 0.718. The van der Waals surface area contributed by atoms with Crippen molar-refractivity contribution in [2.45, 2.75) is 6.18 Å². The van der Waals surface area contributed by atoms with Crippen molar-refractivity contribution in [3.8, 4) is 17.7 Å². The van der Waals surface area contributed by atoms with E-state index in [-0.39, 0.29) is 29.2 Å². The maximum atomic E-state index is 12.8. The van der Waals surface area contributed by atoms with Gasteiger partial charge in [0.15, 0.2) is 5.82 Å². The molecule has 12 heteroatoms. The summed E-state index contributed by atoms with van der Waals surface area (Å²) in [6.07, 6.45) is -2.30. The number of pyridine rings is 1. The van der Waals surface area contributed by atoms with Crippen LogP contribution >= 0.6 is 0 Å². The van der Waals surface area contributed by atoms with Crippen molar-refractivity contribution in [2.75, 3.05) is 11.1 Å². The fraction of sp³-hybridized carbons (Fsp3) is 0.0714. The van der Waals surface area contributed by atoms with E-state index in [1.54, 1.807) is 6.07 Å². The van der Waals surface area contributed by atoms with Crippen molar-refractivity contribution in [1.82, 2.24) is 29.9 Å². The summed E-state index contributed by atoms with van der Waals surface area (Å²) in [4.78, 5) is 22.5. The van der Waals surface area contributed by atoms with Gasteiger partial charge in [-0.3, -0.25) is 0 Å². The summed E-state index contributed by atoms with van der Waals surface area (Å²) in [6.45, 7) is 0. The molecule has 26 heavy (non-hydrogen) atoms. The Kier molecular flexibility index (Phi) is 4.27. The number of nitrogens with two attached hydrogens (primary N) is 1. The van der Waals surface area contributed by atoms with Crippen molar-refractivity contribution in [3.63, 3.8) is 0 Å². The van der Waals surface area contributed by atoms with E-state index >= 15 is 0 Å². The number of hydrogen-bond acceptors (Lipinski definition) is 9. The molecule has 0 saturated heterocycles. The van der Waals surface area contributed by atoms with Crippen molar-refractivity contribution in [2.24, 2.45) is 0 Å². The van der Waals surface area contributed by atoms with Crippen LogP contribution in [-0.4, -0.2) is 29.9 Å². The third kappa shape index (κ3) is 3.78. The molecular weight excluding hydrogens is 351 g/mol. The number of nitriles is 1. The molecule has 0 unspecified atom stereocenters. The number of halogens is 3. The van der Waals surface area contributed by atoms with Gasteiger partial charge in [0.05, 0.1) is 0 Å². The van der Waals surface area contributed by atoms with Gasteiger partial charge in [0.1, 0.15) is 17.5 Å². The number of anilines is 3. The third-order valence-electron chi connectivity index (χ3n) is 2.93. The summed E-state index contributed by atoms with van der Waals surface area (Å²) < 4.78 is 38.4. The van der Waals surface area contributed by atoms with Crippen LogP contribution in [0.4, 0.5) is 30.8 Å². The summed E-state index contributed by atoms with van der Waals surface area (Å²) in [5.41, 5.74) is 5.03. The fourth-order valence-electron chi connectivity index (χ4n) is 1.87. The van der Waals surface area contributed by atoms with Crippen molar-refractivity contribution in [1.29, 1.82) is 5.26 Å². The van der Waals surface area contributed by atoms with Gasteiger partial charge in [0, 0.05) is 18.1 Å². The van der Waals surface area contributed by atoms with Crippen LogP contribution < -0.4 is 11.1 Å². The minimum absolute atomic E-state index is 0.0522. The fourth-order valence-corrected chi connectivity index (χ4v) is 1.87. The molecule has 0 amide bonds. The number of nitrogens with zero attached hydrogens (tertiary/aromatic N) is 7. The first-order valence-corrected chi connectivity index (χ1v) is 6.90. The number of nitrogen functional groups attached to an aromatic ring is 1. The molecule has 3 aromatic rings. The highest BCUT2D eigenvalue weighted by Gasteiger charge is 2.33. The maximum Gasteiger partial charge on any atom is 0.433 e. The van der Waals surface area contributed by atoms with E-state index in [0.717, 1.165) is 12.3 Å². The van der Waals surface area contributed by atoms with Gasteiger partial charge in [-0.05, 0) is 18.2 Å². The first kappa shape index (κ1) is 17.0. The second-order valence-electron chi connectivity index (χ2n) is 4.77. The Morgan fingerprint density at radius 1 is 1.00 bits per heavy atom. The van der Waals surface area contributed by atoms with E-state index in [4.69, 9.17) is 11.0 Å². The summed E-state index contributed by atoms with van der Waals surface area (Å²) in [7, 11) is 0. The first-order valence-electron chi connectivity index (χ1n) is 6.90. The number of rotatable bonds is 3. The molecule has 0 aliphatic rings. The standard InChI is InChI=1S/C14H8F3N9/c15-14(16,17)9-2-4-21-10(23-9)11-24-12(19)26-13(25-11)22-7-1-3-20-8(5-7)6-18/h1-5H,(H3,19,20,22,24,25,26). The first-order chi connectivity index (χ1) is 12.3. The molecule has 3 rings (SSSR count). The van der Waals surface area contributed by atoms with Gasteiger partial charge in [0.2, 0.25) is 17.7 Å². The highest BCUT2D eigenvalue weighted by atomic mass is 19.4. The second kappa shape index (κ2) is 6.55. The predicted octanol–water partition coefficient (Wildman–Crippen LogP) is 1.94. The van der Waals surface area contributed by atoms with Crippen molar-refractivity contribution < 1.29 is 13.2 Å². The van der Waals surface area contributed by atoms with Gasteiger partial charge in [0.25, 0.3) is 0 Å². The summed E-state index contributed by atoms with van der Waals surface area (Å²) in [5.74, 6) is -0.887. The van der Waals surface area contributed by atoms with Crippen LogP contribution in [0.1, 0.15) is 11.4 Å². The lowest BCUT2D eigenvalue weighted by molar-refractivity contribution is -0.141. The molecule has 0 bridgehead atoms. The Balaban J connectivity index is 1.97. The molecule has 130 valence electrons. The minimum atomic E-state index is -4.64. The van der Waals surface area contributed by atoms with Crippen LogP contribution in [0.25, 0.3) is 11.6 Å². The van der Waals surface area contributed by atoms with Crippen LogP contribution in [-0.2, 0) is 6.18 Å².